The van der Waals surface area contributed by atoms with Crippen LogP contribution in [0.4, 0.5) is 17.1 Å². The monoisotopic (exact) mass is 352 g/mol. The van der Waals surface area contributed by atoms with Crippen LogP contribution in [0.5, 0.6) is 0 Å². The number of β-amino-alcohol motifs (C(OH)–C–C–N with tert-alkyl or cyclic N) is 1. The van der Waals surface area contributed by atoms with E-state index in [1.807, 2.05) is 53.6 Å². The van der Waals surface area contributed by atoms with Gasteiger partial charge in [0.2, 0.25) is 5.62 Å². The molecule has 7 nitrogen and oxygen atoms in total. The van der Waals surface area contributed by atoms with Gasteiger partial charge < -0.3 is 24.9 Å². The van der Waals surface area contributed by atoms with Crippen molar-refractivity contribution in [2.24, 2.45) is 19.2 Å². The van der Waals surface area contributed by atoms with E-state index in [9.17, 15) is 5.11 Å². The number of nitrogens with two attached hydrogens (primary N) is 1. The fraction of sp³-hybridized carbons (Fsp3) is 0.316. The molecule has 0 spiro atoms. The third-order valence-corrected chi connectivity index (χ3v) is 5.00. The van der Waals surface area contributed by atoms with Gasteiger partial charge in [-0.15, -0.1) is 5.10 Å². The summed E-state index contributed by atoms with van der Waals surface area (Å²) in [7, 11) is 3.96. The van der Waals surface area contributed by atoms with E-state index in [-0.39, 0.29) is 6.10 Å². The van der Waals surface area contributed by atoms with Gasteiger partial charge in [-0.1, -0.05) is 0 Å². The highest BCUT2D eigenvalue weighted by Crippen LogP contribution is 2.22. The zero-order valence-corrected chi connectivity index (χ0v) is 15.1. The summed E-state index contributed by atoms with van der Waals surface area (Å²) >= 11 is 0. The van der Waals surface area contributed by atoms with Crippen LogP contribution in [0.1, 0.15) is 6.42 Å². The van der Waals surface area contributed by atoms with Crippen LogP contribution in [0, 0.1) is 0 Å². The Balaban J connectivity index is 1.59. The lowest BCUT2D eigenvalue weighted by atomic mass is 10.2. The van der Waals surface area contributed by atoms with Crippen LogP contribution >= 0.6 is 0 Å². The highest BCUT2D eigenvalue weighted by molar-refractivity contribution is 5.79. The minimum absolute atomic E-state index is 0.219. The van der Waals surface area contributed by atoms with Crippen molar-refractivity contribution in [3.8, 4) is 0 Å². The van der Waals surface area contributed by atoms with Crippen molar-refractivity contribution in [3.05, 3.63) is 48.1 Å². The second kappa shape index (κ2) is 6.42. The summed E-state index contributed by atoms with van der Waals surface area (Å²) in [5, 5.41) is 14.2. The number of rotatable bonds is 3. The predicted molar refractivity (Wildman–Crippen MR) is 105 cm³/mol. The molecule has 0 aliphatic carbocycles. The third-order valence-electron chi connectivity index (χ3n) is 5.00. The van der Waals surface area contributed by atoms with Crippen molar-refractivity contribution in [2.75, 3.05) is 29.1 Å². The fourth-order valence-corrected chi connectivity index (χ4v) is 3.52. The van der Waals surface area contributed by atoms with Crippen molar-refractivity contribution in [1.29, 1.82) is 0 Å². The Bertz CT molecular complexity index is 1000. The Hall–Kier alpha value is -2.93. The van der Waals surface area contributed by atoms with E-state index in [4.69, 9.17) is 5.73 Å². The molecule has 1 aliphatic heterocycles. The second-order valence-corrected chi connectivity index (χ2v) is 6.83. The molecule has 7 heteroatoms. The van der Waals surface area contributed by atoms with Crippen LogP contribution in [0.15, 0.2) is 47.6 Å². The SMILES string of the molecule is Cn1c(=NNc2ccc(N3CCC(O)C3)cc2)n(C)c2cc(N)ccc21. The number of aliphatic hydroxyl groups is 1. The maximum atomic E-state index is 9.67. The summed E-state index contributed by atoms with van der Waals surface area (Å²) in [5.41, 5.74) is 14.7. The van der Waals surface area contributed by atoms with E-state index in [0.29, 0.717) is 6.54 Å². The van der Waals surface area contributed by atoms with Gasteiger partial charge in [0.15, 0.2) is 0 Å². The molecule has 1 unspecified atom stereocenters. The molecular formula is C19H24N6O. The molecule has 0 bridgehead atoms. The van der Waals surface area contributed by atoms with Crippen LogP contribution in [0.25, 0.3) is 11.0 Å². The summed E-state index contributed by atoms with van der Waals surface area (Å²) in [4.78, 5) is 2.19. The maximum Gasteiger partial charge on any atom is 0.227 e. The lowest BCUT2D eigenvalue weighted by Crippen LogP contribution is -2.23. The molecule has 1 aromatic heterocycles. The number of nitrogens with zero attached hydrogens (tertiary/aromatic N) is 4. The number of hydrogen-bond donors (Lipinski definition) is 3. The van der Waals surface area contributed by atoms with E-state index in [2.05, 4.69) is 27.6 Å². The van der Waals surface area contributed by atoms with E-state index in [0.717, 1.165) is 46.7 Å². The van der Waals surface area contributed by atoms with Gasteiger partial charge in [-0.05, 0) is 48.9 Å². The Morgan fingerprint density at radius 2 is 1.81 bits per heavy atom. The molecule has 0 radical (unpaired) electrons. The van der Waals surface area contributed by atoms with Crippen LogP contribution in [-0.4, -0.2) is 33.4 Å². The molecule has 1 aliphatic rings. The number of fused-ring (bicyclic) bond motifs is 1. The highest BCUT2D eigenvalue weighted by atomic mass is 16.3. The lowest BCUT2D eigenvalue weighted by molar-refractivity contribution is 0.198. The minimum atomic E-state index is -0.219. The van der Waals surface area contributed by atoms with E-state index >= 15 is 0 Å². The smallest absolute Gasteiger partial charge is 0.227 e. The number of aromatic nitrogens is 2. The van der Waals surface area contributed by atoms with E-state index in [1.165, 1.54) is 0 Å². The molecule has 4 rings (SSSR count). The predicted octanol–water partition coefficient (Wildman–Crippen LogP) is 1.60. The fourth-order valence-electron chi connectivity index (χ4n) is 3.52. The average Bonchev–Trinajstić information content (AvgIpc) is 3.16. The zero-order valence-electron chi connectivity index (χ0n) is 15.1. The molecule has 0 amide bonds. The van der Waals surface area contributed by atoms with Gasteiger partial charge in [0, 0.05) is 38.6 Å². The van der Waals surface area contributed by atoms with Gasteiger partial charge in [-0.3, -0.25) is 5.43 Å². The van der Waals surface area contributed by atoms with E-state index < -0.39 is 0 Å². The number of nitrogen functional groups attached to an aromatic ring is 1. The summed E-state index contributed by atoms with van der Waals surface area (Å²) < 4.78 is 4.04. The Kier molecular flexibility index (Phi) is 4.08. The first kappa shape index (κ1) is 16.5. The third kappa shape index (κ3) is 2.90. The van der Waals surface area contributed by atoms with Gasteiger partial charge in [-0.25, -0.2) is 0 Å². The summed E-state index contributed by atoms with van der Waals surface area (Å²) in [6.07, 6.45) is 0.612. The molecule has 2 heterocycles. The number of imidazole rings is 1. The molecule has 4 N–H and O–H groups in total. The molecular weight excluding hydrogens is 328 g/mol. The number of aryl methyl sites for hydroxylation is 2. The molecule has 1 atom stereocenters. The van der Waals surface area contributed by atoms with Gasteiger partial charge in [-0.2, -0.15) is 0 Å². The molecule has 1 saturated heterocycles. The zero-order chi connectivity index (χ0) is 18.3. The molecule has 3 aromatic rings. The normalized spacial score (nSPS) is 18.0. The van der Waals surface area contributed by atoms with Crippen molar-refractivity contribution in [2.45, 2.75) is 12.5 Å². The standard InChI is InChI=1S/C19H24N6O/c1-23-17-8-3-13(20)11-18(17)24(2)19(23)22-21-14-4-6-15(7-5-14)25-10-9-16(26)12-25/h3-8,11,16,21,26H,9-10,12,20H2,1-2H3. The Labute approximate surface area is 152 Å². The average molecular weight is 352 g/mol. The van der Waals surface area contributed by atoms with Crippen LogP contribution in [0.3, 0.4) is 0 Å². The largest absolute Gasteiger partial charge is 0.399 e. The van der Waals surface area contributed by atoms with Gasteiger partial charge in [0.25, 0.3) is 0 Å². The quantitative estimate of drug-likeness (QED) is 0.494. The number of aliphatic hydroxyl groups excluding tert-OH is 1. The van der Waals surface area contributed by atoms with Crippen LogP contribution in [-0.2, 0) is 14.1 Å². The molecule has 26 heavy (non-hydrogen) atoms. The first-order valence-electron chi connectivity index (χ1n) is 8.76. The Morgan fingerprint density at radius 3 is 2.50 bits per heavy atom. The second-order valence-electron chi connectivity index (χ2n) is 6.83. The van der Waals surface area contributed by atoms with Crippen LogP contribution < -0.4 is 21.7 Å². The molecule has 136 valence electrons. The Morgan fingerprint density at radius 1 is 1.08 bits per heavy atom. The first-order valence-corrected chi connectivity index (χ1v) is 8.76. The minimum Gasteiger partial charge on any atom is -0.399 e. The summed E-state index contributed by atoms with van der Waals surface area (Å²) in [6, 6.07) is 14.0. The molecule has 0 saturated carbocycles. The van der Waals surface area contributed by atoms with Gasteiger partial charge in [0.1, 0.15) is 0 Å². The topological polar surface area (TPSA) is 83.7 Å². The molecule has 1 fully saturated rings. The number of nitrogens with one attached hydrogen (secondary N) is 1. The maximum absolute atomic E-state index is 9.67. The summed E-state index contributed by atoms with van der Waals surface area (Å²) in [6.45, 7) is 1.60. The highest BCUT2D eigenvalue weighted by Gasteiger charge is 2.20. The van der Waals surface area contributed by atoms with Crippen molar-refractivity contribution >= 4 is 28.1 Å². The molecule has 2 aromatic carbocycles. The van der Waals surface area contributed by atoms with Crippen molar-refractivity contribution < 1.29 is 5.11 Å². The first-order chi connectivity index (χ1) is 12.5. The van der Waals surface area contributed by atoms with E-state index in [1.54, 1.807) is 0 Å². The van der Waals surface area contributed by atoms with Gasteiger partial charge >= 0.3 is 0 Å². The number of hydrogen-bond acceptors (Lipinski definition) is 5. The van der Waals surface area contributed by atoms with Crippen molar-refractivity contribution in [3.63, 3.8) is 0 Å². The number of benzene rings is 2. The van der Waals surface area contributed by atoms with Gasteiger partial charge in [0.05, 0.1) is 22.8 Å². The summed E-state index contributed by atoms with van der Waals surface area (Å²) in [5.74, 6) is 0. The lowest BCUT2D eigenvalue weighted by Gasteiger charge is -2.17. The van der Waals surface area contributed by atoms with Crippen LogP contribution in [0.2, 0.25) is 0 Å². The number of anilines is 3. The van der Waals surface area contributed by atoms with Crippen molar-refractivity contribution in [1.82, 2.24) is 9.13 Å².